The Morgan fingerprint density at radius 1 is 1.05 bits per heavy atom. The fourth-order valence-corrected chi connectivity index (χ4v) is 4.73. The molecule has 0 atom stereocenters. The minimum Gasteiger partial charge on any atom is -0.494 e. The maximum absolute atomic E-state index is 12.0. The van der Waals surface area contributed by atoms with Gasteiger partial charge in [0.05, 0.1) is 19.8 Å². The summed E-state index contributed by atoms with van der Waals surface area (Å²) in [5, 5.41) is 3.19. The van der Waals surface area contributed by atoms with E-state index in [1.807, 2.05) is 49.5 Å². The number of rotatable bonds is 9. The second-order valence-electron chi connectivity index (χ2n) is 9.91. The number of nitrogens with one attached hydrogen (secondary N) is 1. The normalized spacial score (nSPS) is 15.9. The van der Waals surface area contributed by atoms with Crippen LogP contribution in [-0.4, -0.2) is 50.1 Å². The van der Waals surface area contributed by atoms with Gasteiger partial charge in [-0.1, -0.05) is 50.3 Å². The van der Waals surface area contributed by atoms with Crippen molar-refractivity contribution in [1.29, 1.82) is 0 Å². The number of allylic oxidation sites excluding steroid dienone is 3. The second kappa shape index (κ2) is 15.2. The molecule has 1 N–H and O–H groups in total. The number of nitrogens with zero attached hydrogens (tertiary/aromatic N) is 1. The smallest absolute Gasteiger partial charge is 0.159 e. The van der Waals surface area contributed by atoms with Gasteiger partial charge in [0.1, 0.15) is 5.75 Å². The van der Waals surface area contributed by atoms with Crippen molar-refractivity contribution in [2.45, 2.75) is 47.5 Å². The number of ketones is 1. The maximum atomic E-state index is 12.0. The van der Waals surface area contributed by atoms with E-state index in [1.165, 1.54) is 19.4 Å². The minimum absolute atomic E-state index is 0.0563. The van der Waals surface area contributed by atoms with Gasteiger partial charge in [-0.05, 0) is 92.8 Å². The van der Waals surface area contributed by atoms with Gasteiger partial charge in [-0.15, -0.1) is 0 Å². The lowest BCUT2D eigenvalue weighted by atomic mass is 9.86. The molecule has 0 amide bonds. The van der Waals surface area contributed by atoms with Gasteiger partial charge in [-0.3, -0.25) is 9.69 Å². The van der Waals surface area contributed by atoms with Crippen LogP contribution in [0, 0.1) is 6.92 Å². The third-order valence-electron chi connectivity index (χ3n) is 7.02. The first-order valence-corrected chi connectivity index (χ1v) is 14.0. The average Bonchev–Trinajstić information content (AvgIpc) is 2.95. The lowest BCUT2D eigenvalue weighted by molar-refractivity contribution is 0.0373. The summed E-state index contributed by atoms with van der Waals surface area (Å²) in [6.07, 6.45) is 8.55. The van der Waals surface area contributed by atoms with E-state index >= 15 is 0 Å². The summed E-state index contributed by atoms with van der Waals surface area (Å²) in [5.74, 6) is 0.897. The van der Waals surface area contributed by atoms with Gasteiger partial charge in [0.25, 0.3) is 0 Å². The molecule has 2 aliphatic rings. The van der Waals surface area contributed by atoms with E-state index in [0.717, 1.165) is 71.2 Å². The zero-order chi connectivity index (χ0) is 28.2. The molecule has 2 aliphatic heterocycles. The molecule has 208 valence electrons. The van der Waals surface area contributed by atoms with Crippen LogP contribution in [0.25, 0.3) is 5.57 Å². The van der Waals surface area contributed by atoms with Gasteiger partial charge in [0.15, 0.2) is 5.78 Å². The quantitative estimate of drug-likeness (QED) is 0.352. The molecule has 0 aromatic heterocycles. The van der Waals surface area contributed by atoms with E-state index in [9.17, 15) is 4.79 Å². The number of benzene rings is 2. The van der Waals surface area contributed by atoms with E-state index in [-0.39, 0.29) is 5.78 Å². The SMILES string of the molecule is C=C1NC=CC=C1/C(C)=C(\c1ccc(OCC)cc1)c1cc(C(C)=O)ccc1C.CCCCN1CCOCC1. The first-order valence-electron chi connectivity index (χ1n) is 14.0. The first-order chi connectivity index (χ1) is 18.8. The van der Waals surface area contributed by atoms with Gasteiger partial charge < -0.3 is 14.8 Å². The summed E-state index contributed by atoms with van der Waals surface area (Å²) in [4.78, 5) is 14.5. The summed E-state index contributed by atoms with van der Waals surface area (Å²) in [5.41, 5.74) is 8.01. The number of hydrogen-bond acceptors (Lipinski definition) is 5. The fourth-order valence-electron chi connectivity index (χ4n) is 4.73. The Labute approximate surface area is 234 Å². The fraction of sp³-hybridized carbons (Fsp3) is 0.382. The number of ether oxygens (including phenoxy) is 2. The summed E-state index contributed by atoms with van der Waals surface area (Å²) in [6, 6.07) is 14.0. The Morgan fingerprint density at radius 3 is 2.36 bits per heavy atom. The van der Waals surface area contributed by atoms with E-state index in [1.54, 1.807) is 6.92 Å². The number of morpholine rings is 1. The third-order valence-corrected chi connectivity index (χ3v) is 7.02. The molecule has 1 fully saturated rings. The van der Waals surface area contributed by atoms with Crippen molar-refractivity contribution in [1.82, 2.24) is 10.2 Å². The Bertz CT molecular complexity index is 1220. The molecule has 5 nitrogen and oxygen atoms in total. The van der Waals surface area contributed by atoms with Crippen molar-refractivity contribution in [2.24, 2.45) is 0 Å². The highest BCUT2D eigenvalue weighted by atomic mass is 16.5. The standard InChI is InChI=1S/C26H27NO2.C8H17NO/c1-6-29-23-13-11-21(12-14-23)26(18(3)24-8-7-15-27-19(24)4)25-16-22(20(5)28)10-9-17(25)2;1-2-3-4-9-5-7-10-8-6-9/h7-16,27H,4,6H2,1-3,5H3;2-8H2,1H3/b26-18+;. The molecule has 0 bridgehead atoms. The molecular formula is C34H44N2O3. The number of dihydropyridines is 1. The monoisotopic (exact) mass is 528 g/mol. The van der Waals surface area contributed by atoms with Crippen LogP contribution < -0.4 is 10.1 Å². The van der Waals surface area contributed by atoms with Crippen molar-refractivity contribution >= 4 is 11.4 Å². The molecule has 5 heteroatoms. The number of unbranched alkanes of at least 4 members (excludes halogenated alkanes) is 1. The van der Waals surface area contributed by atoms with E-state index in [4.69, 9.17) is 9.47 Å². The molecule has 0 aliphatic carbocycles. The van der Waals surface area contributed by atoms with Gasteiger partial charge in [-0.25, -0.2) is 0 Å². The van der Waals surface area contributed by atoms with Crippen LogP contribution in [0.2, 0.25) is 0 Å². The molecule has 2 aromatic rings. The highest BCUT2D eigenvalue weighted by Gasteiger charge is 2.18. The lowest BCUT2D eigenvalue weighted by Gasteiger charge is -2.26. The minimum atomic E-state index is 0.0563. The number of carbonyl (C=O) groups is 1. The first kappa shape index (κ1) is 30.1. The predicted molar refractivity (Wildman–Crippen MR) is 162 cm³/mol. The second-order valence-corrected chi connectivity index (χ2v) is 9.91. The van der Waals surface area contributed by atoms with Crippen molar-refractivity contribution in [3.05, 3.63) is 106 Å². The Morgan fingerprint density at radius 2 is 1.74 bits per heavy atom. The number of carbonyl (C=O) groups excluding carboxylic acids is 1. The van der Waals surface area contributed by atoms with Crippen LogP contribution in [0.1, 0.15) is 67.6 Å². The molecule has 2 heterocycles. The maximum Gasteiger partial charge on any atom is 0.159 e. The molecule has 0 saturated carbocycles. The number of Topliss-reactive ketones (excluding diaryl/α,β-unsaturated/α-hetero) is 1. The van der Waals surface area contributed by atoms with Crippen LogP contribution in [0.4, 0.5) is 0 Å². The Balaban J connectivity index is 0.000000353. The molecule has 0 unspecified atom stereocenters. The van der Waals surface area contributed by atoms with Crippen LogP contribution in [-0.2, 0) is 4.74 Å². The summed E-state index contributed by atoms with van der Waals surface area (Å²) < 4.78 is 10.8. The summed E-state index contributed by atoms with van der Waals surface area (Å²) in [7, 11) is 0. The molecule has 39 heavy (non-hydrogen) atoms. The Kier molecular flexibility index (Phi) is 11.8. The highest BCUT2D eigenvalue weighted by molar-refractivity contribution is 5.96. The van der Waals surface area contributed by atoms with Gasteiger partial charge in [0.2, 0.25) is 0 Å². The zero-order valence-corrected chi connectivity index (χ0v) is 24.3. The van der Waals surface area contributed by atoms with E-state index in [2.05, 4.69) is 55.8 Å². The van der Waals surface area contributed by atoms with E-state index < -0.39 is 0 Å². The molecular weight excluding hydrogens is 484 g/mol. The van der Waals surface area contributed by atoms with E-state index in [0.29, 0.717) is 12.2 Å². The number of hydrogen-bond donors (Lipinski definition) is 1. The van der Waals surface area contributed by atoms with Crippen LogP contribution in [0.15, 0.2) is 84.2 Å². The summed E-state index contributed by atoms with van der Waals surface area (Å²) in [6.45, 7) is 20.2. The molecule has 1 saturated heterocycles. The molecule has 0 radical (unpaired) electrons. The molecule has 4 rings (SSSR count). The van der Waals surface area contributed by atoms with Crippen LogP contribution >= 0.6 is 0 Å². The zero-order valence-electron chi connectivity index (χ0n) is 24.3. The van der Waals surface area contributed by atoms with Crippen LogP contribution in [0.5, 0.6) is 5.75 Å². The van der Waals surface area contributed by atoms with Gasteiger partial charge in [-0.2, -0.15) is 0 Å². The van der Waals surface area contributed by atoms with Gasteiger partial charge >= 0.3 is 0 Å². The Hall–Kier alpha value is -3.41. The topological polar surface area (TPSA) is 50.8 Å². The van der Waals surface area contributed by atoms with Gasteiger partial charge in [0, 0.05) is 36.1 Å². The largest absolute Gasteiger partial charge is 0.494 e. The predicted octanol–water partition coefficient (Wildman–Crippen LogP) is 7.09. The average molecular weight is 529 g/mol. The highest BCUT2D eigenvalue weighted by Crippen LogP contribution is 2.35. The van der Waals surface area contributed by atoms with Crippen molar-refractivity contribution in [3.63, 3.8) is 0 Å². The van der Waals surface area contributed by atoms with Crippen molar-refractivity contribution in [2.75, 3.05) is 39.5 Å². The van der Waals surface area contributed by atoms with Crippen molar-refractivity contribution in [3.8, 4) is 5.75 Å². The van der Waals surface area contributed by atoms with Crippen molar-refractivity contribution < 1.29 is 14.3 Å². The molecule has 0 spiro atoms. The number of aryl methyl sites for hydroxylation is 1. The molecule has 2 aromatic carbocycles. The lowest BCUT2D eigenvalue weighted by Crippen LogP contribution is -2.36. The van der Waals surface area contributed by atoms with Crippen LogP contribution in [0.3, 0.4) is 0 Å². The third kappa shape index (κ3) is 8.54. The summed E-state index contributed by atoms with van der Waals surface area (Å²) >= 11 is 0.